The zero-order valence-electron chi connectivity index (χ0n) is 12.6. The van der Waals surface area contributed by atoms with E-state index in [4.69, 9.17) is 0 Å². The molecule has 0 spiro atoms. The molecule has 2 aliphatic heterocycles. The highest BCUT2D eigenvalue weighted by molar-refractivity contribution is 5.46. The molecule has 2 saturated heterocycles. The molecule has 3 rings (SSSR count). The van der Waals surface area contributed by atoms with E-state index < -0.39 is 0 Å². The first-order valence-corrected chi connectivity index (χ1v) is 8.15. The lowest BCUT2D eigenvalue weighted by Gasteiger charge is -2.41. The van der Waals surface area contributed by atoms with Gasteiger partial charge in [0.2, 0.25) is 0 Å². The Bertz CT molecular complexity index is 392. The molecule has 0 aliphatic carbocycles. The molecule has 1 N–H and O–H groups in total. The van der Waals surface area contributed by atoms with Crippen LogP contribution in [0.25, 0.3) is 0 Å². The molecule has 1 aromatic carbocycles. The fourth-order valence-electron chi connectivity index (χ4n) is 3.83. The van der Waals surface area contributed by atoms with Crippen LogP contribution >= 0.6 is 0 Å². The van der Waals surface area contributed by atoms with Gasteiger partial charge in [0.15, 0.2) is 0 Å². The summed E-state index contributed by atoms with van der Waals surface area (Å²) in [6.07, 6.45) is 3.94. The summed E-state index contributed by atoms with van der Waals surface area (Å²) in [6.45, 7) is 8.30. The summed E-state index contributed by atoms with van der Waals surface area (Å²) in [5.74, 6) is 0. The summed E-state index contributed by atoms with van der Waals surface area (Å²) in [6, 6.07) is 12.4. The van der Waals surface area contributed by atoms with E-state index >= 15 is 0 Å². The largest absolute Gasteiger partial charge is 0.371 e. The third kappa shape index (κ3) is 2.99. The van der Waals surface area contributed by atoms with Crippen molar-refractivity contribution in [1.29, 1.82) is 0 Å². The molecule has 0 saturated carbocycles. The minimum absolute atomic E-state index is 0.772. The van der Waals surface area contributed by atoms with E-state index in [1.165, 1.54) is 57.7 Å². The van der Waals surface area contributed by atoms with Crippen molar-refractivity contribution in [2.75, 3.05) is 37.6 Å². The smallest absolute Gasteiger partial charge is 0.0366 e. The first kappa shape index (κ1) is 13.9. The van der Waals surface area contributed by atoms with Crippen molar-refractivity contribution < 1.29 is 0 Å². The Morgan fingerprint density at radius 2 is 1.85 bits per heavy atom. The molecule has 0 amide bonds. The zero-order chi connectivity index (χ0) is 13.8. The van der Waals surface area contributed by atoms with E-state index in [-0.39, 0.29) is 0 Å². The number of nitrogens with zero attached hydrogens (tertiary/aromatic N) is 2. The van der Waals surface area contributed by atoms with Crippen molar-refractivity contribution in [2.45, 2.75) is 38.3 Å². The van der Waals surface area contributed by atoms with E-state index in [0.717, 1.165) is 12.1 Å². The number of nitrogens with one attached hydrogen (secondary N) is 1. The maximum absolute atomic E-state index is 3.51. The van der Waals surface area contributed by atoms with Gasteiger partial charge in [-0.1, -0.05) is 25.1 Å². The molecule has 0 radical (unpaired) electrons. The second-order valence-corrected chi connectivity index (χ2v) is 6.03. The Labute approximate surface area is 123 Å². The van der Waals surface area contributed by atoms with Crippen LogP contribution in [0.2, 0.25) is 0 Å². The minimum atomic E-state index is 0.772. The predicted octanol–water partition coefficient (Wildman–Crippen LogP) is 2.34. The van der Waals surface area contributed by atoms with Crippen molar-refractivity contribution in [2.24, 2.45) is 0 Å². The van der Waals surface area contributed by atoms with Crippen LogP contribution in [0.4, 0.5) is 5.69 Å². The Kier molecular flexibility index (Phi) is 4.58. The molecular formula is C17H27N3. The molecule has 3 heteroatoms. The maximum atomic E-state index is 3.51. The lowest BCUT2D eigenvalue weighted by molar-refractivity contribution is 0.129. The fraction of sp³-hybridized carbons (Fsp3) is 0.647. The van der Waals surface area contributed by atoms with E-state index in [1.54, 1.807) is 0 Å². The van der Waals surface area contributed by atoms with Crippen LogP contribution in [-0.4, -0.2) is 49.7 Å². The predicted molar refractivity (Wildman–Crippen MR) is 85.3 cm³/mol. The first-order valence-electron chi connectivity index (χ1n) is 8.15. The van der Waals surface area contributed by atoms with E-state index in [0.29, 0.717) is 0 Å². The Morgan fingerprint density at radius 3 is 2.45 bits per heavy atom. The lowest BCUT2D eigenvalue weighted by Crippen LogP contribution is -2.49. The van der Waals surface area contributed by atoms with Gasteiger partial charge in [-0.2, -0.15) is 0 Å². The average molecular weight is 273 g/mol. The van der Waals surface area contributed by atoms with Gasteiger partial charge in [0, 0.05) is 37.4 Å². The Morgan fingerprint density at radius 1 is 1.10 bits per heavy atom. The average Bonchev–Trinajstić information content (AvgIpc) is 3.04. The van der Waals surface area contributed by atoms with Crippen molar-refractivity contribution in [3.8, 4) is 0 Å². The van der Waals surface area contributed by atoms with Crippen molar-refractivity contribution in [1.82, 2.24) is 10.2 Å². The van der Waals surface area contributed by atoms with Gasteiger partial charge in [0.25, 0.3) is 0 Å². The van der Waals surface area contributed by atoms with Crippen LogP contribution in [0.5, 0.6) is 0 Å². The highest BCUT2D eigenvalue weighted by atomic mass is 15.2. The van der Waals surface area contributed by atoms with Gasteiger partial charge in [-0.05, 0) is 44.5 Å². The van der Waals surface area contributed by atoms with Gasteiger partial charge in [-0.15, -0.1) is 0 Å². The lowest BCUT2D eigenvalue weighted by atomic mass is 10.00. The molecule has 0 aromatic heterocycles. The number of likely N-dealkylation sites (N-methyl/N-ethyl adjacent to an activating group) is 1. The monoisotopic (exact) mass is 273 g/mol. The van der Waals surface area contributed by atoms with Crippen LogP contribution in [0.3, 0.4) is 0 Å². The molecule has 1 unspecified atom stereocenters. The number of hydrogen-bond acceptors (Lipinski definition) is 3. The second-order valence-electron chi connectivity index (χ2n) is 6.03. The zero-order valence-corrected chi connectivity index (χ0v) is 12.6. The minimum Gasteiger partial charge on any atom is -0.371 e. The van der Waals surface area contributed by atoms with Gasteiger partial charge in [-0.25, -0.2) is 0 Å². The van der Waals surface area contributed by atoms with E-state index in [2.05, 4.69) is 52.4 Å². The van der Waals surface area contributed by atoms with Crippen LogP contribution in [0, 0.1) is 0 Å². The van der Waals surface area contributed by atoms with Crippen LogP contribution in [0.15, 0.2) is 30.3 Å². The summed E-state index contributed by atoms with van der Waals surface area (Å²) < 4.78 is 0. The number of hydrogen-bond donors (Lipinski definition) is 1. The number of rotatable bonds is 4. The van der Waals surface area contributed by atoms with Crippen molar-refractivity contribution in [3.05, 3.63) is 30.3 Å². The molecular weight excluding hydrogens is 246 g/mol. The van der Waals surface area contributed by atoms with Crippen LogP contribution < -0.4 is 10.2 Å². The number of piperidine rings is 1. The summed E-state index contributed by atoms with van der Waals surface area (Å²) in [4.78, 5) is 5.29. The van der Waals surface area contributed by atoms with Crippen LogP contribution in [0.1, 0.15) is 26.2 Å². The summed E-state index contributed by atoms with van der Waals surface area (Å²) in [7, 11) is 0. The summed E-state index contributed by atoms with van der Waals surface area (Å²) in [5, 5.41) is 3.51. The molecule has 3 nitrogen and oxygen atoms in total. The third-order valence-electron chi connectivity index (χ3n) is 4.92. The van der Waals surface area contributed by atoms with Gasteiger partial charge in [0.05, 0.1) is 0 Å². The summed E-state index contributed by atoms with van der Waals surface area (Å²) in [5.41, 5.74) is 1.39. The number of anilines is 1. The third-order valence-corrected chi connectivity index (χ3v) is 4.92. The van der Waals surface area contributed by atoms with Crippen molar-refractivity contribution >= 4 is 5.69 Å². The highest BCUT2D eigenvalue weighted by Crippen LogP contribution is 2.24. The van der Waals surface area contributed by atoms with Gasteiger partial charge in [0.1, 0.15) is 0 Å². The van der Waals surface area contributed by atoms with Gasteiger partial charge < -0.3 is 10.2 Å². The second kappa shape index (κ2) is 6.59. The standard InChI is InChI=1S/C17H27N3/c1-2-20(17-8-11-18-14-17)16-9-12-19(13-10-16)15-6-4-3-5-7-15/h3-7,16-18H,2,8-14H2,1H3. The highest BCUT2D eigenvalue weighted by Gasteiger charge is 2.30. The Hall–Kier alpha value is -1.06. The molecule has 2 fully saturated rings. The van der Waals surface area contributed by atoms with E-state index in [9.17, 15) is 0 Å². The molecule has 0 bridgehead atoms. The molecule has 110 valence electrons. The number of benzene rings is 1. The quantitative estimate of drug-likeness (QED) is 0.908. The maximum Gasteiger partial charge on any atom is 0.0366 e. The van der Waals surface area contributed by atoms with E-state index in [1.807, 2.05) is 0 Å². The topological polar surface area (TPSA) is 18.5 Å². The van der Waals surface area contributed by atoms with Crippen LogP contribution in [-0.2, 0) is 0 Å². The molecule has 20 heavy (non-hydrogen) atoms. The van der Waals surface area contributed by atoms with Gasteiger partial charge in [-0.3, -0.25) is 4.90 Å². The Balaban J connectivity index is 1.57. The number of para-hydroxylation sites is 1. The van der Waals surface area contributed by atoms with Gasteiger partial charge >= 0.3 is 0 Å². The summed E-state index contributed by atoms with van der Waals surface area (Å²) >= 11 is 0. The normalized spacial score (nSPS) is 24.5. The first-order chi connectivity index (χ1) is 9.88. The van der Waals surface area contributed by atoms with Crippen molar-refractivity contribution in [3.63, 3.8) is 0 Å². The fourth-order valence-corrected chi connectivity index (χ4v) is 3.83. The SMILES string of the molecule is CCN(C1CCN(c2ccccc2)CC1)C1CCNC1. The molecule has 2 heterocycles. The molecule has 2 aliphatic rings. The molecule has 1 aromatic rings. The molecule has 1 atom stereocenters.